The molecule has 1 aliphatic rings. The molecular formula is C15H20F2N2O2. The van der Waals surface area contributed by atoms with Crippen molar-refractivity contribution in [1.82, 2.24) is 9.88 Å². The summed E-state index contributed by atoms with van der Waals surface area (Å²) in [5, 5.41) is 0. The number of rotatable bonds is 5. The number of amides is 1. The van der Waals surface area contributed by atoms with Crippen LogP contribution in [-0.4, -0.2) is 42.6 Å². The summed E-state index contributed by atoms with van der Waals surface area (Å²) < 4.78 is 31.5. The monoisotopic (exact) mass is 298 g/mol. The summed E-state index contributed by atoms with van der Waals surface area (Å²) in [5.74, 6) is -1.73. The molecule has 1 saturated heterocycles. The van der Waals surface area contributed by atoms with Gasteiger partial charge < -0.3 is 9.64 Å². The topological polar surface area (TPSA) is 42.4 Å². The van der Waals surface area contributed by atoms with Gasteiger partial charge in [0.05, 0.1) is 6.20 Å². The number of halogens is 2. The smallest absolute Gasteiger partial charge is 0.275 e. The van der Waals surface area contributed by atoms with Gasteiger partial charge in [-0.25, -0.2) is 13.8 Å². The van der Waals surface area contributed by atoms with E-state index in [2.05, 4.69) is 4.98 Å². The van der Waals surface area contributed by atoms with Crippen molar-refractivity contribution in [2.45, 2.75) is 25.7 Å². The summed E-state index contributed by atoms with van der Waals surface area (Å²) in [6.07, 6.45) is 4.76. The van der Waals surface area contributed by atoms with Crippen LogP contribution in [0, 0.1) is 17.6 Å². The van der Waals surface area contributed by atoms with Crippen LogP contribution >= 0.6 is 0 Å². The first-order valence-electron chi connectivity index (χ1n) is 7.21. The van der Waals surface area contributed by atoms with E-state index in [1.54, 1.807) is 12.0 Å². The number of carbonyl (C=O) groups is 1. The van der Waals surface area contributed by atoms with Gasteiger partial charge in [0.1, 0.15) is 5.82 Å². The molecule has 6 heteroatoms. The van der Waals surface area contributed by atoms with Crippen molar-refractivity contribution >= 4 is 5.91 Å². The van der Waals surface area contributed by atoms with Gasteiger partial charge in [-0.15, -0.1) is 0 Å². The molecule has 0 radical (unpaired) electrons. The van der Waals surface area contributed by atoms with Gasteiger partial charge in [0.15, 0.2) is 11.5 Å². The van der Waals surface area contributed by atoms with Crippen LogP contribution in [0.4, 0.5) is 8.78 Å². The third kappa shape index (κ3) is 4.20. The molecule has 21 heavy (non-hydrogen) atoms. The molecule has 2 heterocycles. The number of nitrogens with zero attached hydrogens (tertiary/aromatic N) is 2. The van der Waals surface area contributed by atoms with Gasteiger partial charge in [-0.2, -0.15) is 0 Å². The number of carbonyl (C=O) groups excluding carboxylic acids is 1. The minimum absolute atomic E-state index is 0.297. The number of ether oxygens (including phenoxy) is 1. The molecule has 0 N–H and O–H groups in total. The Labute approximate surface area is 123 Å². The molecule has 0 unspecified atom stereocenters. The van der Waals surface area contributed by atoms with Gasteiger partial charge in [-0.3, -0.25) is 4.79 Å². The normalized spacial score (nSPS) is 18.8. The highest BCUT2D eigenvalue weighted by molar-refractivity contribution is 5.92. The van der Waals surface area contributed by atoms with E-state index in [0.29, 0.717) is 31.7 Å². The Kier molecular flexibility index (Phi) is 5.61. The minimum atomic E-state index is -0.901. The van der Waals surface area contributed by atoms with Crippen LogP contribution in [0.5, 0.6) is 0 Å². The molecule has 1 amide bonds. The lowest BCUT2D eigenvalue weighted by Gasteiger charge is -2.32. The average molecular weight is 298 g/mol. The van der Waals surface area contributed by atoms with Crippen molar-refractivity contribution in [1.29, 1.82) is 0 Å². The first-order valence-corrected chi connectivity index (χ1v) is 7.21. The highest BCUT2D eigenvalue weighted by Gasteiger charge is 2.26. The molecule has 116 valence electrons. The van der Waals surface area contributed by atoms with Gasteiger partial charge in [0.25, 0.3) is 5.91 Å². The van der Waals surface area contributed by atoms with Crippen LogP contribution in [0.1, 0.15) is 36.2 Å². The second-order valence-electron chi connectivity index (χ2n) is 5.38. The van der Waals surface area contributed by atoms with Crippen molar-refractivity contribution in [3.8, 4) is 0 Å². The second kappa shape index (κ2) is 7.45. The minimum Gasteiger partial charge on any atom is -0.385 e. The molecule has 2 rings (SSSR count). The van der Waals surface area contributed by atoms with Gasteiger partial charge in [-0.1, -0.05) is 0 Å². The maximum Gasteiger partial charge on any atom is 0.275 e. The predicted molar refractivity (Wildman–Crippen MR) is 73.9 cm³/mol. The fourth-order valence-corrected chi connectivity index (χ4v) is 2.72. The molecule has 0 bridgehead atoms. The second-order valence-corrected chi connectivity index (χ2v) is 5.38. The molecule has 0 saturated carbocycles. The largest absolute Gasteiger partial charge is 0.385 e. The summed E-state index contributed by atoms with van der Waals surface area (Å²) in [6.45, 7) is 1.90. The molecule has 1 atom stereocenters. The summed E-state index contributed by atoms with van der Waals surface area (Å²) in [5.41, 5.74) is -0.297. The molecule has 1 fully saturated rings. The molecule has 1 aromatic rings. The summed E-state index contributed by atoms with van der Waals surface area (Å²) in [7, 11) is 1.67. The zero-order valence-electron chi connectivity index (χ0n) is 12.1. The number of aromatic nitrogens is 1. The quantitative estimate of drug-likeness (QED) is 0.785. The van der Waals surface area contributed by atoms with E-state index >= 15 is 0 Å². The summed E-state index contributed by atoms with van der Waals surface area (Å²) in [4.78, 5) is 17.5. The lowest BCUT2D eigenvalue weighted by atomic mass is 9.93. The SMILES string of the molecule is COCCC[C@H]1CCCN(C(=O)c2ncc(F)cc2F)C1. The molecule has 0 aromatic carbocycles. The standard InChI is InChI=1S/C15H20F2N2O2/c1-21-7-3-5-11-4-2-6-19(10-11)15(20)14-13(17)8-12(16)9-18-14/h8-9,11H,2-7,10H2,1H3/t11-/m1/s1. The molecule has 0 aliphatic carbocycles. The number of methoxy groups -OCH3 is 1. The molecule has 0 spiro atoms. The fraction of sp³-hybridized carbons (Fsp3) is 0.600. The third-order valence-electron chi connectivity index (χ3n) is 3.78. The van der Waals surface area contributed by atoms with Crippen LogP contribution in [0.3, 0.4) is 0 Å². The Morgan fingerprint density at radius 3 is 3.05 bits per heavy atom. The Morgan fingerprint density at radius 1 is 1.52 bits per heavy atom. The van der Waals surface area contributed by atoms with Gasteiger partial charge in [0, 0.05) is 32.9 Å². The molecule has 1 aliphatic heterocycles. The van der Waals surface area contributed by atoms with Crippen LogP contribution < -0.4 is 0 Å². The van der Waals surface area contributed by atoms with E-state index in [9.17, 15) is 13.6 Å². The van der Waals surface area contributed by atoms with Crippen molar-refractivity contribution in [3.05, 3.63) is 29.6 Å². The zero-order valence-corrected chi connectivity index (χ0v) is 12.1. The summed E-state index contributed by atoms with van der Waals surface area (Å²) in [6, 6.07) is 0.695. The number of pyridine rings is 1. The van der Waals surface area contributed by atoms with E-state index in [0.717, 1.165) is 31.9 Å². The van der Waals surface area contributed by atoms with Crippen molar-refractivity contribution in [2.24, 2.45) is 5.92 Å². The van der Waals surface area contributed by atoms with E-state index in [1.165, 1.54) is 0 Å². The fourth-order valence-electron chi connectivity index (χ4n) is 2.72. The van der Waals surface area contributed by atoms with E-state index in [1.807, 2.05) is 0 Å². The maximum atomic E-state index is 13.6. The van der Waals surface area contributed by atoms with Crippen LogP contribution in [0.2, 0.25) is 0 Å². The number of likely N-dealkylation sites (tertiary alicyclic amines) is 1. The Bertz CT molecular complexity index is 497. The van der Waals surface area contributed by atoms with Crippen LogP contribution in [0.25, 0.3) is 0 Å². The van der Waals surface area contributed by atoms with E-state index in [-0.39, 0.29) is 5.69 Å². The zero-order chi connectivity index (χ0) is 15.2. The Balaban J connectivity index is 1.98. The van der Waals surface area contributed by atoms with Gasteiger partial charge in [0.2, 0.25) is 0 Å². The molecule has 1 aromatic heterocycles. The highest BCUT2D eigenvalue weighted by atomic mass is 19.1. The lowest BCUT2D eigenvalue weighted by molar-refractivity contribution is 0.0649. The predicted octanol–water partition coefficient (Wildman–Crippen LogP) is 2.64. The number of hydrogen-bond acceptors (Lipinski definition) is 3. The lowest BCUT2D eigenvalue weighted by Crippen LogP contribution is -2.40. The number of hydrogen-bond donors (Lipinski definition) is 0. The van der Waals surface area contributed by atoms with Gasteiger partial charge in [-0.05, 0) is 31.6 Å². The van der Waals surface area contributed by atoms with Crippen LogP contribution in [0.15, 0.2) is 12.3 Å². The first kappa shape index (κ1) is 15.8. The van der Waals surface area contributed by atoms with Crippen molar-refractivity contribution < 1.29 is 18.3 Å². The first-order chi connectivity index (χ1) is 10.1. The third-order valence-corrected chi connectivity index (χ3v) is 3.78. The Hall–Kier alpha value is -1.56. The molecule has 4 nitrogen and oxygen atoms in total. The van der Waals surface area contributed by atoms with Gasteiger partial charge >= 0.3 is 0 Å². The average Bonchev–Trinajstić information content (AvgIpc) is 2.47. The molecular weight excluding hydrogens is 278 g/mol. The highest BCUT2D eigenvalue weighted by Crippen LogP contribution is 2.22. The van der Waals surface area contributed by atoms with E-state index in [4.69, 9.17) is 4.74 Å². The maximum absolute atomic E-state index is 13.6. The van der Waals surface area contributed by atoms with Crippen molar-refractivity contribution in [2.75, 3.05) is 26.8 Å². The summed E-state index contributed by atoms with van der Waals surface area (Å²) >= 11 is 0. The van der Waals surface area contributed by atoms with E-state index < -0.39 is 17.5 Å². The number of piperidine rings is 1. The van der Waals surface area contributed by atoms with Crippen molar-refractivity contribution in [3.63, 3.8) is 0 Å². The Morgan fingerprint density at radius 2 is 2.33 bits per heavy atom. The van der Waals surface area contributed by atoms with Crippen LogP contribution in [-0.2, 0) is 4.74 Å².